The van der Waals surface area contributed by atoms with Gasteiger partial charge in [0.25, 0.3) is 0 Å². The summed E-state index contributed by atoms with van der Waals surface area (Å²) in [4.78, 5) is 15.6. The summed E-state index contributed by atoms with van der Waals surface area (Å²) in [6, 6.07) is 25.9. The molecule has 0 radical (unpaired) electrons. The van der Waals surface area contributed by atoms with E-state index in [0.717, 1.165) is 11.3 Å². The first kappa shape index (κ1) is 23.0. The summed E-state index contributed by atoms with van der Waals surface area (Å²) in [6.45, 7) is 1.12. The van der Waals surface area contributed by atoms with E-state index in [2.05, 4.69) is 0 Å². The highest BCUT2D eigenvalue weighted by atomic mass is 32.2. The van der Waals surface area contributed by atoms with Gasteiger partial charge in [0.15, 0.2) is 0 Å². The van der Waals surface area contributed by atoms with E-state index in [1.54, 1.807) is 31.4 Å². The monoisotopic (exact) mass is 464 g/mol. The number of rotatable bonds is 7. The zero-order valence-electron chi connectivity index (χ0n) is 18.6. The molecule has 172 valence electrons. The Morgan fingerprint density at radius 1 is 0.909 bits per heavy atom. The van der Waals surface area contributed by atoms with Crippen LogP contribution in [0, 0.1) is 5.92 Å². The first-order chi connectivity index (χ1) is 16.0. The van der Waals surface area contributed by atoms with E-state index in [1.165, 1.54) is 4.31 Å². The summed E-state index contributed by atoms with van der Waals surface area (Å²) in [5.74, 6) is 0.417. The fourth-order valence-electron chi connectivity index (χ4n) is 4.13. The summed E-state index contributed by atoms with van der Waals surface area (Å²) < 4.78 is 32.7. The average molecular weight is 465 g/mol. The standard InChI is InChI=1S/C26H28N2O4S/c1-32-24-12-14-25(15-13-24)33(30,31)27-18-16-22(17-19-27)26(29)28(23-10-6-3-7-11-23)20-21-8-4-2-5-9-21/h2-15,22H,16-20H2,1H3. The van der Waals surface area contributed by atoms with Crippen LogP contribution in [0.25, 0.3) is 0 Å². The molecule has 6 nitrogen and oxygen atoms in total. The van der Waals surface area contributed by atoms with Gasteiger partial charge in [-0.2, -0.15) is 4.31 Å². The van der Waals surface area contributed by atoms with Crippen LogP contribution in [0.3, 0.4) is 0 Å². The maximum atomic E-state index is 13.5. The number of carbonyl (C=O) groups excluding carboxylic acids is 1. The topological polar surface area (TPSA) is 66.9 Å². The van der Waals surface area contributed by atoms with Gasteiger partial charge in [0.05, 0.1) is 18.6 Å². The molecule has 3 aromatic carbocycles. The molecule has 33 heavy (non-hydrogen) atoms. The van der Waals surface area contributed by atoms with E-state index in [0.29, 0.717) is 38.2 Å². The highest BCUT2D eigenvalue weighted by Crippen LogP contribution is 2.28. The Morgan fingerprint density at radius 2 is 1.48 bits per heavy atom. The van der Waals surface area contributed by atoms with Crippen LogP contribution in [0.2, 0.25) is 0 Å². The highest BCUT2D eigenvalue weighted by molar-refractivity contribution is 7.89. The number of para-hydroxylation sites is 1. The molecule has 0 saturated carbocycles. The third-order valence-electron chi connectivity index (χ3n) is 6.02. The number of benzene rings is 3. The summed E-state index contributed by atoms with van der Waals surface area (Å²) >= 11 is 0. The molecule has 1 fully saturated rings. The molecule has 1 saturated heterocycles. The molecule has 0 spiro atoms. The van der Waals surface area contributed by atoms with Crippen molar-refractivity contribution in [2.75, 3.05) is 25.1 Å². The molecule has 1 aliphatic heterocycles. The lowest BCUT2D eigenvalue weighted by Crippen LogP contribution is -2.44. The molecular formula is C26H28N2O4S. The Bertz CT molecular complexity index is 1160. The molecule has 0 unspecified atom stereocenters. The minimum Gasteiger partial charge on any atom is -0.497 e. The number of nitrogens with zero attached hydrogens (tertiary/aromatic N) is 2. The van der Waals surface area contributed by atoms with Gasteiger partial charge in [0, 0.05) is 24.7 Å². The Kier molecular flexibility index (Phi) is 7.11. The van der Waals surface area contributed by atoms with Gasteiger partial charge in [0.2, 0.25) is 15.9 Å². The van der Waals surface area contributed by atoms with Crippen LogP contribution in [0.15, 0.2) is 89.8 Å². The molecular weight excluding hydrogens is 436 g/mol. The van der Waals surface area contributed by atoms with Crippen molar-refractivity contribution in [3.63, 3.8) is 0 Å². The number of amides is 1. The van der Waals surface area contributed by atoms with Crippen molar-refractivity contribution in [1.29, 1.82) is 0 Å². The number of piperidine rings is 1. The van der Waals surface area contributed by atoms with Gasteiger partial charge >= 0.3 is 0 Å². The fourth-order valence-corrected chi connectivity index (χ4v) is 5.60. The van der Waals surface area contributed by atoms with Crippen molar-refractivity contribution in [2.45, 2.75) is 24.3 Å². The Hall–Kier alpha value is -3.16. The molecule has 0 atom stereocenters. The number of methoxy groups -OCH3 is 1. The second-order valence-electron chi connectivity index (χ2n) is 8.10. The zero-order chi connectivity index (χ0) is 23.3. The van der Waals surface area contributed by atoms with E-state index in [4.69, 9.17) is 4.74 Å². The molecule has 0 aromatic heterocycles. The van der Waals surface area contributed by atoms with Crippen molar-refractivity contribution in [3.05, 3.63) is 90.5 Å². The smallest absolute Gasteiger partial charge is 0.243 e. The van der Waals surface area contributed by atoms with Crippen molar-refractivity contribution in [2.24, 2.45) is 5.92 Å². The highest BCUT2D eigenvalue weighted by Gasteiger charge is 2.34. The molecule has 4 rings (SSSR count). The molecule has 0 N–H and O–H groups in total. The van der Waals surface area contributed by atoms with Gasteiger partial charge in [-0.05, 0) is 54.8 Å². The maximum absolute atomic E-state index is 13.5. The average Bonchev–Trinajstić information content (AvgIpc) is 2.88. The largest absolute Gasteiger partial charge is 0.497 e. The van der Waals surface area contributed by atoms with E-state index in [-0.39, 0.29) is 16.7 Å². The normalized spacial score (nSPS) is 15.2. The third-order valence-corrected chi connectivity index (χ3v) is 7.93. The predicted molar refractivity (Wildman–Crippen MR) is 129 cm³/mol. The van der Waals surface area contributed by atoms with Crippen molar-refractivity contribution in [1.82, 2.24) is 4.31 Å². The number of carbonyl (C=O) groups is 1. The summed E-state index contributed by atoms with van der Waals surface area (Å²) in [5, 5.41) is 0. The Morgan fingerprint density at radius 3 is 2.06 bits per heavy atom. The van der Waals surface area contributed by atoms with E-state index in [1.807, 2.05) is 65.6 Å². The maximum Gasteiger partial charge on any atom is 0.243 e. The summed E-state index contributed by atoms with van der Waals surface area (Å²) in [7, 11) is -2.06. The molecule has 3 aromatic rings. The molecule has 0 bridgehead atoms. The van der Waals surface area contributed by atoms with Crippen LogP contribution in [-0.4, -0.2) is 38.8 Å². The fraction of sp³-hybridized carbons (Fsp3) is 0.269. The van der Waals surface area contributed by atoms with Gasteiger partial charge in [-0.25, -0.2) is 8.42 Å². The van der Waals surface area contributed by atoms with E-state index in [9.17, 15) is 13.2 Å². The quantitative estimate of drug-likeness (QED) is 0.522. The summed E-state index contributed by atoms with van der Waals surface area (Å²) in [6.07, 6.45) is 0.985. The molecule has 1 aliphatic rings. The van der Waals surface area contributed by atoms with Crippen molar-refractivity contribution < 1.29 is 17.9 Å². The van der Waals surface area contributed by atoms with Crippen LogP contribution in [0.1, 0.15) is 18.4 Å². The number of hydrogen-bond acceptors (Lipinski definition) is 4. The van der Waals surface area contributed by atoms with Crippen molar-refractivity contribution >= 4 is 21.6 Å². The second kappa shape index (κ2) is 10.2. The third kappa shape index (κ3) is 5.26. The number of hydrogen-bond donors (Lipinski definition) is 0. The second-order valence-corrected chi connectivity index (χ2v) is 10.0. The number of anilines is 1. The number of sulfonamides is 1. The Balaban J connectivity index is 1.47. The number of ether oxygens (including phenoxy) is 1. The van der Waals surface area contributed by atoms with Gasteiger partial charge in [-0.3, -0.25) is 4.79 Å². The lowest BCUT2D eigenvalue weighted by atomic mass is 9.96. The predicted octanol–water partition coefficient (Wildman–Crippen LogP) is 4.33. The zero-order valence-corrected chi connectivity index (χ0v) is 19.4. The van der Waals surface area contributed by atoms with Crippen molar-refractivity contribution in [3.8, 4) is 5.75 Å². The minimum absolute atomic E-state index is 0.0338. The molecule has 1 heterocycles. The minimum atomic E-state index is -3.60. The van der Waals surface area contributed by atoms with Crippen LogP contribution in [-0.2, 0) is 21.4 Å². The molecule has 0 aliphatic carbocycles. The lowest BCUT2D eigenvalue weighted by molar-refractivity contribution is -0.123. The first-order valence-electron chi connectivity index (χ1n) is 11.0. The van der Waals surface area contributed by atoms with Gasteiger partial charge in [0.1, 0.15) is 5.75 Å². The first-order valence-corrected chi connectivity index (χ1v) is 12.5. The van der Waals surface area contributed by atoms with Crippen LogP contribution >= 0.6 is 0 Å². The van der Waals surface area contributed by atoms with E-state index >= 15 is 0 Å². The van der Waals surface area contributed by atoms with Crippen LogP contribution < -0.4 is 9.64 Å². The van der Waals surface area contributed by atoms with Crippen LogP contribution in [0.4, 0.5) is 5.69 Å². The van der Waals surface area contributed by atoms with E-state index < -0.39 is 10.0 Å². The lowest BCUT2D eigenvalue weighted by Gasteiger charge is -2.34. The Labute approximate surface area is 195 Å². The summed E-state index contributed by atoms with van der Waals surface area (Å²) in [5.41, 5.74) is 1.90. The molecule has 7 heteroatoms. The van der Waals surface area contributed by atoms with Gasteiger partial charge < -0.3 is 9.64 Å². The SMILES string of the molecule is COc1ccc(S(=O)(=O)N2CCC(C(=O)N(Cc3ccccc3)c3ccccc3)CC2)cc1. The van der Waals surface area contributed by atoms with Gasteiger partial charge in [-0.15, -0.1) is 0 Å². The van der Waals surface area contributed by atoms with Gasteiger partial charge in [-0.1, -0.05) is 48.5 Å². The molecule has 1 amide bonds. The van der Waals surface area contributed by atoms with Crippen LogP contribution in [0.5, 0.6) is 5.75 Å².